The summed E-state index contributed by atoms with van der Waals surface area (Å²) in [5.41, 5.74) is 5.05. The van der Waals surface area contributed by atoms with Gasteiger partial charge in [0.15, 0.2) is 0 Å². The zero-order chi connectivity index (χ0) is 76.3. The number of pyridine rings is 3. The number of carboxylic acids is 3. The van der Waals surface area contributed by atoms with Crippen LogP contribution in [0.1, 0.15) is 210 Å². The van der Waals surface area contributed by atoms with Crippen molar-refractivity contribution in [2.24, 2.45) is 34.0 Å². The molecule has 6 aliphatic rings. The van der Waals surface area contributed by atoms with E-state index in [4.69, 9.17) is 69.6 Å². The van der Waals surface area contributed by atoms with Gasteiger partial charge >= 0.3 is 17.9 Å². The first-order valence-electron chi connectivity index (χ1n) is 36.7. The van der Waals surface area contributed by atoms with Gasteiger partial charge in [0.25, 0.3) is 0 Å². The van der Waals surface area contributed by atoms with Gasteiger partial charge in [-0.2, -0.15) is 0 Å². The zero-order valence-electron chi connectivity index (χ0n) is 59.9. The van der Waals surface area contributed by atoms with Crippen LogP contribution in [-0.4, -0.2) is 80.6 Å². The average molecular weight is 1590 g/mol. The summed E-state index contributed by atoms with van der Waals surface area (Å²) in [5, 5.41) is 33.1. The van der Waals surface area contributed by atoms with E-state index in [0.717, 1.165) is 89.0 Å². The fourth-order valence-corrected chi connectivity index (χ4v) is 18.3. The van der Waals surface area contributed by atoms with Crippen molar-refractivity contribution in [3.63, 3.8) is 0 Å². The molecule has 3 aliphatic heterocycles. The van der Waals surface area contributed by atoms with Gasteiger partial charge in [-0.3, -0.25) is 43.7 Å². The van der Waals surface area contributed by atoms with E-state index in [-0.39, 0.29) is 116 Å². The Kier molecular flexibility index (Phi) is 24.8. The molecule has 566 valence electrons. The number of hydrogen-bond acceptors (Lipinski definition) is 9. The Morgan fingerprint density at radius 3 is 0.807 bits per heavy atom. The highest BCUT2D eigenvalue weighted by Crippen LogP contribution is 2.61. The Bertz CT molecular complexity index is 4260. The van der Waals surface area contributed by atoms with E-state index in [2.05, 4.69) is 15.0 Å². The Morgan fingerprint density at radius 2 is 0.606 bits per heavy atom. The number of likely N-dealkylation sites (tertiary alicyclic amines) is 3. The van der Waals surface area contributed by atoms with Crippen molar-refractivity contribution in [1.29, 1.82) is 0 Å². The van der Waals surface area contributed by atoms with Crippen LogP contribution >= 0.6 is 69.6 Å². The standard InChI is InChI=1S/3C29H28Cl2N2O3.CH4/c3*1-29(17-25(34)35)16-23(20-5-4-6-22(31)15-20)26(18-10-12-21(30)13-11-18)33(28(29)36)27(19-8-9-19)24-7-2-3-14-32-24;/h3*2-7,10-15,19,23,26-27H,8-9,16-17H2,1H3,(H,34,35);1H4/t2*23-,26-,27+,29-;23-,26-,27-,29-;/m111./s1. The van der Waals surface area contributed by atoms with Crippen LogP contribution in [0, 0.1) is 34.0 Å². The first kappa shape index (κ1) is 79.9. The van der Waals surface area contributed by atoms with E-state index in [1.165, 1.54) is 0 Å². The monoisotopic (exact) mass is 1580 g/mol. The van der Waals surface area contributed by atoms with Crippen molar-refractivity contribution in [3.8, 4) is 0 Å². The molecule has 0 spiro atoms. The summed E-state index contributed by atoms with van der Waals surface area (Å²) in [6.07, 6.45) is 11.7. The molecule has 3 saturated carbocycles. The number of rotatable bonds is 21. The second-order valence-electron chi connectivity index (χ2n) is 30.7. The van der Waals surface area contributed by atoms with Gasteiger partial charge in [0.05, 0.1) is 88.8 Å². The molecular weight excluding hydrogens is 1500 g/mol. The van der Waals surface area contributed by atoms with Gasteiger partial charge in [0.2, 0.25) is 17.7 Å². The Balaban J connectivity index is 0.000000152. The van der Waals surface area contributed by atoms with Crippen LogP contribution in [0.5, 0.6) is 0 Å². The van der Waals surface area contributed by atoms with Crippen molar-refractivity contribution in [2.45, 2.75) is 159 Å². The maximum atomic E-state index is 14.4. The van der Waals surface area contributed by atoms with Gasteiger partial charge in [-0.05, 0) is 218 Å². The van der Waals surface area contributed by atoms with Crippen LogP contribution in [0.2, 0.25) is 30.1 Å². The lowest BCUT2D eigenvalue weighted by molar-refractivity contribution is -0.161. The van der Waals surface area contributed by atoms with Crippen LogP contribution in [0.3, 0.4) is 0 Å². The number of carbonyl (C=O) groups is 6. The molecule has 0 radical (unpaired) electrons. The molecule has 12 atom stereocenters. The molecule has 6 aromatic carbocycles. The average Bonchev–Trinajstić information content (AvgIpc) is 1.68. The van der Waals surface area contributed by atoms with E-state index in [1.807, 2.05) is 215 Å². The molecule has 3 aliphatic carbocycles. The largest absolute Gasteiger partial charge is 0.481 e. The topological polar surface area (TPSA) is 212 Å². The number of nitrogens with zero attached hydrogens (tertiary/aromatic N) is 6. The Morgan fingerprint density at radius 1 is 0.358 bits per heavy atom. The molecule has 15 rings (SSSR count). The summed E-state index contributed by atoms with van der Waals surface area (Å²) in [5.74, 6) is -3.10. The molecule has 9 aromatic rings. The fourth-order valence-electron chi connectivity index (χ4n) is 17.3. The van der Waals surface area contributed by atoms with Crippen molar-refractivity contribution in [1.82, 2.24) is 29.7 Å². The molecule has 3 N–H and O–H groups in total. The number of halogens is 6. The summed E-state index contributed by atoms with van der Waals surface area (Å²) in [7, 11) is 0. The van der Waals surface area contributed by atoms with Crippen LogP contribution < -0.4 is 0 Å². The molecule has 3 aromatic heterocycles. The van der Waals surface area contributed by atoms with Crippen molar-refractivity contribution in [3.05, 3.63) is 299 Å². The highest BCUT2D eigenvalue weighted by molar-refractivity contribution is 6.32. The lowest BCUT2D eigenvalue weighted by atomic mass is 9.66. The van der Waals surface area contributed by atoms with Gasteiger partial charge in [-0.25, -0.2) is 0 Å². The van der Waals surface area contributed by atoms with Gasteiger partial charge in [-0.15, -0.1) is 0 Å². The lowest BCUT2D eigenvalue weighted by Gasteiger charge is -2.52. The number of aromatic nitrogens is 3. The van der Waals surface area contributed by atoms with E-state index >= 15 is 0 Å². The molecule has 6 fully saturated rings. The van der Waals surface area contributed by atoms with Gasteiger partial charge < -0.3 is 30.0 Å². The molecule has 0 unspecified atom stereocenters. The highest BCUT2D eigenvalue weighted by Gasteiger charge is 2.59. The van der Waals surface area contributed by atoms with Gasteiger partial charge in [-0.1, -0.05) is 189 Å². The van der Waals surface area contributed by atoms with Gasteiger partial charge in [0.1, 0.15) is 0 Å². The highest BCUT2D eigenvalue weighted by atomic mass is 35.5. The van der Waals surface area contributed by atoms with E-state index in [1.54, 1.807) is 39.4 Å². The minimum atomic E-state index is -1.08. The molecule has 6 heterocycles. The van der Waals surface area contributed by atoms with Gasteiger partial charge in [0, 0.05) is 66.5 Å². The smallest absolute Gasteiger partial charge is 0.304 e. The van der Waals surface area contributed by atoms with Crippen LogP contribution in [0.15, 0.2) is 219 Å². The number of amides is 3. The third kappa shape index (κ3) is 18.0. The number of aliphatic carboxylic acids is 3. The number of benzene rings is 6. The summed E-state index contributed by atoms with van der Waals surface area (Å²) in [6, 6.07) is 61.4. The molecule has 15 nitrogen and oxygen atoms in total. The van der Waals surface area contributed by atoms with E-state index in [9.17, 15) is 44.1 Å². The second kappa shape index (κ2) is 33.9. The van der Waals surface area contributed by atoms with E-state index < -0.39 is 34.2 Å². The third-order valence-corrected chi connectivity index (χ3v) is 23.9. The predicted octanol–water partition coefficient (Wildman–Crippen LogP) is 21.9. The quantitative estimate of drug-likeness (QED) is 0.0613. The summed E-state index contributed by atoms with van der Waals surface area (Å²) < 4.78 is 0. The van der Waals surface area contributed by atoms with Crippen LogP contribution in [0.25, 0.3) is 0 Å². The van der Waals surface area contributed by atoms with Crippen molar-refractivity contribution in [2.75, 3.05) is 0 Å². The summed E-state index contributed by atoms with van der Waals surface area (Å²) in [4.78, 5) is 99.0. The van der Waals surface area contributed by atoms with Crippen molar-refractivity contribution < 1.29 is 44.1 Å². The molecule has 109 heavy (non-hydrogen) atoms. The Labute approximate surface area is 666 Å². The minimum absolute atomic E-state index is 0. The first-order chi connectivity index (χ1) is 51.8. The third-order valence-electron chi connectivity index (χ3n) is 22.5. The number of hydrogen-bond donors (Lipinski definition) is 3. The molecule has 3 amide bonds. The maximum Gasteiger partial charge on any atom is 0.304 e. The van der Waals surface area contributed by atoms with E-state index in [0.29, 0.717) is 49.4 Å². The molecule has 21 heteroatoms. The molecule has 3 saturated heterocycles. The summed E-state index contributed by atoms with van der Waals surface area (Å²) in [6.45, 7) is 5.36. The zero-order valence-corrected chi connectivity index (χ0v) is 64.5. The Hall–Kier alpha value is -8.67. The van der Waals surface area contributed by atoms with Crippen molar-refractivity contribution >= 4 is 105 Å². The predicted molar refractivity (Wildman–Crippen MR) is 426 cm³/mol. The first-order valence-corrected chi connectivity index (χ1v) is 39.0. The maximum absolute atomic E-state index is 14.4. The normalized spacial score (nSPS) is 24.7. The fraction of sp³-hybridized carbons (Fsp3) is 0.352. The second-order valence-corrected chi connectivity index (χ2v) is 33.3. The van der Waals surface area contributed by atoms with Crippen LogP contribution in [-0.2, 0) is 28.8 Å². The number of piperidine rings is 3. The number of carbonyl (C=O) groups excluding carboxylic acids is 3. The van der Waals surface area contributed by atoms with Crippen LogP contribution in [0.4, 0.5) is 0 Å². The molecular formula is C88H88Cl6N6O9. The SMILES string of the molecule is C.C[C@]1(CC(=O)O)C[C@H](c2cccc(Cl)c2)[C@@H](c2ccc(Cl)cc2)N([C@@H](c2ccccn2)C2CC2)C1=O.C[C@]1(CC(=O)O)C[C@H](c2cccc(Cl)c2)[C@@H](c2ccc(Cl)cc2)N([C@H](c2ccccn2)C2CC2)C1=O.C[C@]1(CC(=O)O)C[C@H](c2cccc(Cl)c2)[C@@H](c2ccc(Cl)cc2)N([C@H](c2ccccn2)C2CC2)C1=O. The minimum Gasteiger partial charge on any atom is -0.481 e. The lowest BCUT2D eigenvalue weighted by Crippen LogP contribution is -2.54. The molecule has 0 bridgehead atoms. The summed E-state index contributed by atoms with van der Waals surface area (Å²) >= 11 is 38.0. The number of carboxylic acid groups (broad SMARTS) is 3.